The predicted octanol–water partition coefficient (Wildman–Crippen LogP) is -0.207. The van der Waals surface area contributed by atoms with Gasteiger partial charge in [-0.3, -0.25) is 9.79 Å². The zero-order chi connectivity index (χ0) is 16.0. The monoisotopic (exact) mass is 327 g/mol. The number of fused-ring (bicyclic) bond motifs is 1. The molecule has 1 fully saturated rings. The van der Waals surface area contributed by atoms with Crippen molar-refractivity contribution in [3.05, 3.63) is 11.3 Å². The zero-order valence-corrected chi connectivity index (χ0v) is 12.9. The van der Waals surface area contributed by atoms with Crippen molar-refractivity contribution in [2.45, 2.75) is 25.5 Å². The summed E-state index contributed by atoms with van der Waals surface area (Å²) in [5.74, 6) is -0.969. The number of hydrogen-bond donors (Lipinski definition) is 3. The number of halogens is 1. The van der Waals surface area contributed by atoms with Crippen LogP contribution in [0.15, 0.2) is 16.3 Å². The largest absolute Gasteiger partial charge is 0.477 e. The van der Waals surface area contributed by atoms with Crippen molar-refractivity contribution < 1.29 is 19.8 Å². The van der Waals surface area contributed by atoms with Crippen LogP contribution in [0.3, 0.4) is 0 Å². The molecule has 3 rings (SSSR count). The minimum Gasteiger partial charge on any atom is -0.477 e. The number of carbonyl (C=O) groups is 2. The van der Waals surface area contributed by atoms with Gasteiger partial charge in [-0.1, -0.05) is 0 Å². The minimum atomic E-state index is -1.10. The van der Waals surface area contributed by atoms with Crippen molar-refractivity contribution in [1.29, 1.82) is 0 Å². The molecule has 0 aromatic heterocycles. The van der Waals surface area contributed by atoms with Crippen LogP contribution in [-0.2, 0) is 9.59 Å². The molecule has 0 bridgehead atoms. The zero-order valence-electron chi connectivity index (χ0n) is 12.1. The number of β-lactam (4-membered cyclic amide) rings is 1. The maximum atomic E-state index is 12.1. The number of aliphatic hydroxyl groups excluding tert-OH is 1. The fourth-order valence-electron chi connectivity index (χ4n) is 3.57. The molecular weight excluding hydrogens is 310 g/mol. The molecule has 8 heteroatoms. The molecule has 0 aromatic carbocycles. The molecule has 1 saturated heterocycles. The van der Waals surface area contributed by atoms with E-state index in [1.807, 2.05) is 0 Å². The van der Waals surface area contributed by atoms with Crippen molar-refractivity contribution in [3.63, 3.8) is 0 Å². The molecule has 1 amide bonds. The van der Waals surface area contributed by atoms with Gasteiger partial charge >= 0.3 is 5.97 Å². The third-order valence-electron chi connectivity index (χ3n) is 4.64. The molecular formula is C14H18ClN3O4. The molecule has 0 aliphatic carbocycles. The highest BCUT2D eigenvalue weighted by Gasteiger charge is 2.57. The van der Waals surface area contributed by atoms with Crippen molar-refractivity contribution >= 4 is 29.3 Å². The van der Waals surface area contributed by atoms with E-state index >= 15 is 0 Å². The summed E-state index contributed by atoms with van der Waals surface area (Å²) < 4.78 is 0. The molecule has 3 aliphatic heterocycles. The van der Waals surface area contributed by atoms with Crippen molar-refractivity contribution in [1.82, 2.24) is 10.2 Å². The first-order valence-electron chi connectivity index (χ1n) is 7.26. The lowest BCUT2D eigenvalue weighted by Gasteiger charge is -2.44. The van der Waals surface area contributed by atoms with Crippen LogP contribution in [-0.4, -0.2) is 63.9 Å². The summed E-state index contributed by atoms with van der Waals surface area (Å²) in [4.78, 5) is 29.4. The number of carbonyl (C=O) groups excluding carboxylic acids is 1. The minimum absolute atomic E-state index is 0.0638. The molecule has 3 heterocycles. The maximum absolute atomic E-state index is 12.1. The first kappa shape index (κ1) is 15.3. The summed E-state index contributed by atoms with van der Waals surface area (Å²) in [6.45, 7) is 2.60. The SMILES string of the molecule is C[C@@H](O)[C@H]1C(=O)N2C(C(=O)O)=C(C3CN=C(CCl)NC3)C[C@H]12. The summed E-state index contributed by atoms with van der Waals surface area (Å²) in [7, 11) is 0. The Morgan fingerprint density at radius 2 is 2.32 bits per heavy atom. The molecule has 120 valence electrons. The normalized spacial score (nSPS) is 32.1. The van der Waals surface area contributed by atoms with Gasteiger partial charge in [0, 0.05) is 19.0 Å². The number of nitrogens with zero attached hydrogens (tertiary/aromatic N) is 2. The second-order valence-electron chi connectivity index (χ2n) is 5.92. The van der Waals surface area contributed by atoms with Crippen LogP contribution in [0.25, 0.3) is 0 Å². The lowest BCUT2D eigenvalue weighted by molar-refractivity contribution is -0.161. The molecule has 0 spiro atoms. The van der Waals surface area contributed by atoms with Crippen LogP contribution >= 0.6 is 11.6 Å². The number of aliphatic hydroxyl groups is 1. The average Bonchev–Trinajstić information content (AvgIpc) is 2.82. The van der Waals surface area contributed by atoms with Gasteiger partial charge in [0.15, 0.2) is 0 Å². The molecule has 7 nitrogen and oxygen atoms in total. The molecule has 22 heavy (non-hydrogen) atoms. The van der Waals surface area contributed by atoms with Gasteiger partial charge in [-0.2, -0.15) is 0 Å². The van der Waals surface area contributed by atoms with E-state index < -0.39 is 18.0 Å². The number of amides is 1. The van der Waals surface area contributed by atoms with Crippen LogP contribution in [0.1, 0.15) is 13.3 Å². The molecule has 3 N–H and O–H groups in total. The van der Waals surface area contributed by atoms with Crippen LogP contribution in [0.2, 0.25) is 0 Å². The van der Waals surface area contributed by atoms with E-state index in [2.05, 4.69) is 10.3 Å². The van der Waals surface area contributed by atoms with Gasteiger partial charge in [0.05, 0.1) is 23.9 Å². The number of rotatable bonds is 4. The van der Waals surface area contributed by atoms with Crippen LogP contribution in [0.5, 0.6) is 0 Å². The fourth-order valence-corrected chi connectivity index (χ4v) is 3.75. The predicted molar refractivity (Wildman–Crippen MR) is 79.6 cm³/mol. The van der Waals surface area contributed by atoms with Gasteiger partial charge in [0.1, 0.15) is 11.5 Å². The number of hydrogen-bond acceptors (Lipinski definition) is 5. The molecule has 3 aliphatic rings. The molecule has 4 atom stereocenters. The topological polar surface area (TPSA) is 102 Å². The highest BCUT2D eigenvalue weighted by Crippen LogP contribution is 2.45. The first-order chi connectivity index (χ1) is 10.5. The van der Waals surface area contributed by atoms with Crippen molar-refractivity contribution in [2.24, 2.45) is 16.8 Å². The standard InChI is InChI=1S/C14H18ClN3O4/c1-6(19)11-9-2-8(7-4-16-10(3-15)17-5-7)12(14(21)22)18(9)13(11)20/h6-7,9,11,19H,2-5H2,1H3,(H,16,17)(H,21,22)/t6-,9-,11-/m1/s1. The molecule has 0 radical (unpaired) electrons. The Morgan fingerprint density at radius 3 is 2.82 bits per heavy atom. The lowest BCUT2D eigenvalue weighted by Crippen LogP contribution is -2.61. The van der Waals surface area contributed by atoms with Gasteiger partial charge in [-0.25, -0.2) is 4.79 Å². The maximum Gasteiger partial charge on any atom is 0.352 e. The Morgan fingerprint density at radius 1 is 1.59 bits per heavy atom. The number of carboxylic acids is 1. The quantitative estimate of drug-likeness (QED) is 0.490. The average molecular weight is 328 g/mol. The highest BCUT2D eigenvalue weighted by molar-refractivity contribution is 6.28. The molecule has 0 saturated carbocycles. The molecule has 1 unspecified atom stereocenters. The first-order valence-corrected chi connectivity index (χ1v) is 7.79. The number of aliphatic carboxylic acids is 1. The smallest absolute Gasteiger partial charge is 0.352 e. The Labute approximate surface area is 132 Å². The molecule has 0 aromatic rings. The highest BCUT2D eigenvalue weighted by atomic mass is 35.5. The van der Waals surface area contributed by atoms with Gasteiger partial charge < -0.3 is 20.4 Å². The number of nitrogens with one attached hydrogen (secondary N) is 1. The van der Waals surface area contributed by atoms with E-state index in [0.717, 1.165) is 5.57 Å². The summed E-state index contributed by atoms with van der Waals surface area (Å²) >= 11 is 5.72. The van der Waals surface area contributed by atoms with E-state index in [-0.39, 0.29) is 23.6 Å². The second kappa shape index (κ2) is 5.55. The van der Waals surface area contributed by atoms with E-state index in [9.17, 15) is 19.8 Å². The van der Waals surface area contributed by atoms with Gasteiger partial charge in [0.25, 0.3) is 0 Å². The second-order valence-corrected chi connectivity index (χ2v) is 6.19. The third-order valence-corrected chi connectivity index (χ3v) is 4.89. The van der Waals surface area contributed by atoms with E-state index in [4.69, 9.17) is 11.6 Å². The van der Waals surface area contributed by atoms with Crippen LogP contribution < -0.4 is 5.32 Å². The van der Waals surface area contributed by atoms with E-state index in [1.54, 1.807) is 6.92 Å². The Hall–Kier alpha value is -1.60. The number of aliphatic imine (C=N–C) groups is 1. The third kappa shape index (κ3) is 2.19. The van der Waals surface area contributed by atoms with Crippen molar-refractivity contribution in [2.75, 3.05) is 19.0 Å². The Bertz CT molecular complexity index is 587. The fraction of sp³-hybridized carbons (Fsp3) is 0.643. The number of amidine groups is 1. The lowest BCUT2D eigenvalue weighted by atomic mass is 9.82. The number of carboxylic acid groups (broad SMARTS) is 1. The summed E-state index contributed by atoms with van der Waals surface area (Å²) in [5, 5.41) is 22.3. The van der Waals surface area contributed by atoms with E-state index in [1.165, 1.54) is 4.90 Å². The van der Waals surface area contributed by atoms with Gasteiger partial charge in [0.2, 0.25) is 5.91 Å². The van der Waals surface area contributed by atoms with E-state index in [0.29, 0.717) is 31.2 Å². The van der Waals surface area contributed by atoms with Gasteiger partial charge in [-0.05, 0) is 18.9 Å². The summed E-state index contributed by atoms with van der Waals surface area (Å²) in [5.41, 5.74) is 0.807. The summed E-state index contributed by atoms with van der Waals surface area (Å²) in [6.07, 6.45) is -0.283. The number of alkyl halides is 1. The Balaban J connectivity index is 1.86. The van der Waals surface area contributed by atoms with Crippen molar-refractivity contribution in [3.8, 4) is 0 Å². The van der Waals surface area contributed by atoms with Crippen LogP contribution in [0.4, 0.5) is 0 Å². The van der Waals surface area contributed by atoms with Crippen LogP contribution in [0, 0.1) is 11.8 Å². The Kier molecular flexibility index (Phi) is 3.86. The summed E-state index contributed by atoms with van der Waals surface area (Å²) in [6, 6.07) is -0.244. The van der Waals surface area contributed by atoms with Gasteiger partial charge in [-0.15, -0.1) is 11.6 Å².